The molecular weight excluding hydrogens is 186 g/mol. The van der Waals surface area contributed by atoms with Crippen molar-refractivity contribution in [3.8, 4) is 0 Å². The fourth-order valence-corrected chi connectivity index (χ4v) is 1.98. The molecule has 0 fully saturated rings. The molecule has 80 valence electrons. The quantitative estimate of drug-likeness (QED) is 0.747. The number of carbonyl (C=O) groups excluding carboxylic acids is 1. The number of carbonyl (C=O) groups is 1. The Bertz CT molecular complexity index is 401. The summed E-state index contributed by atoms with van der Waals surface area (Å²) in [6.45, 7) is 6.66. The zero-order valence-corrected chi connectivity index (χ0v) is 9.55. The molecule has 0 saturated heterocycles. The lowest BCUT2D eigenvalue weighted by Gasteiger charge is -2.18. The Hall–Kier alpha value is -1.31. The standard InChI is InChI=1S/C13H17NO/c1-13(2,3)8-9-4-5-10-7-12(15)14-11(10)6-9/h4-6H,7-8H2,1-3H3,(H,14,15). The predicted octanol–water partition coefficient (Wildman–Crippen LogP) is 2.77. The molecule has 1 amide bonds. The minimum absolute atomic E-state index is 0.109. The molecule has 2 nitrogen and oxygen atoms in total. The van der Waals surface area contributed by atoms with Crippen LogP contribution in [-0.2, 0) is 17.6 Å². The molecule has 1 aliphatic rings. The second-order valence-electron chi connectivity index (χ2n) is 5.45. The SMILES string of the molecule is CC(C)(C)Cc1ccc2c(c1)NC(=O)C2. The van der Waals surface area contributed by atoms with Gasteiger partial charge in [-0.2, -0.15) is 0 Å². The van der Waals surface area contributed by atoms with Gasteiger partial charge in [-0.05, 0) is 29.0 Å². The summed E-state index contributed by atoms with van der Waals surface area (Å²) in [7, 11) is 0. The number of benzene rings is 1. The largest absolute Gasteiger partial charge is 0.326 e. The maximum Gasteiger partial charge on any atom is 0.228 e. The van der Waals surface area contributed by atoms with Gasteiger partial charge in [0, 0.05) is 5.69 Å². The highest BCUT2D eigenvalue weighted by Gasteiger charge is 2.18. The number of amides is 1. The van der Waals surface area contributed by atoms with E-state index in [0.29, 0.717) is 6.42 Å². The van der Waals surface area contributed by atoms with Gasteiger partial charge in [0.2, 0.25) is 5.91 Å². The van der Waals surface area contributed by atoms with Gasteiger partial charge < -0.3 is 5.32 Å². The van der Waals surface area contributed by atoms with Crippen LogP contribution < -0.4 is 5.32 Å². The fourth-order valence-electron chi connectivity index (χ4n) is 1.98. The van der Waals surface area contributed by atoms with Crippen molar-refractivity contribution in [1.82, 2.24) is 0 Å². The normalized spacial score (nSPS) is 15.0. The monoisotopic (exact) mass is 203 g/mol. The molecule has 0 saturated carbocycles. The first-order valence-corrected chi connectivity index (χ1v) is 5.36. The lowest BCUT2D eigenvalue weighted by atomic mass is 9.88. The summed E-state index contributed by atoms with van der Waals surface area (Å²) in [6, 6.07) is 6.30. The maximum atomic E-state index is 11.2. The van der Waals surface area contributed by atoms with Crippen LogP contribution in [0.4, 0.5) is 5.69 Å². The molecule has 2 heteroatoms. The highest BCUT2D eigenvalue weighted by atomic mass is 16.1. The molecule has 0 bridgehead atoms. The summed E-state index contributed by atoms with van der Waals surface area (Å²) in [5.41, 5.74) is 3.71. The molecule has 1 aromatic carbocycles. The third kappa shape index (κ3) is 2.38. The Morgan fingerprint density at radius 2 is 2.07 bits per heavy atom. The van der Waals surface area contributed by atoms with E-state index in [4.69, 9.17) is 0 Å². The molecule has 1 aromatic rings. The molecule has 2 rings (SSSR count). The summed E-state index contributed by atoms with van der Waals surface area (Å²) in [5, 5.41) is 2.88. The molecule has 15 heavy (non-hydrogen) atoms. The van der Waals surface area contributed by atoms with Gasteiger partial charge in [0.25, 0.3) is 0 Å². The zero-order chi connectivity index (χ0) is 11.1. The fraction of sp³-hybridized carbons (Fsp3) is 0.462. The van der Waals surface area contributed by atoms with Gasteiger partial charge in [-0.15, -0.1) is 0 Å². The highest BCUT2D eigenvalue weighted by molar-refractivity contribution is 5.99. The van der Waals surface area contributed by atoms with Crippen LogP contribution in [0, 0.1) is 5.41 Å². The molecule has 1 N–H and O–H groups in total. The number of hydrogen-bond donors (Lipinski definition) is 1. The topological polar surface area (TPSA) is 29.1 Å². The van der Waals surface area contributed by atoms with Crippen molar-refractivity contribution in [3.05, 3.63) is 29.3 Å². The van der Waals surface area contributed by atoms with Crippen LogP contribution in [0.5, 0.6) is 0 Å². The average Bonchev–Trinajstić information content (AvgIpc) is 2.40. The van der Waals surface area contributed by atoms with E-state index in [-0.39, 0.29) is 11.3 Å². The van der Waals surface area contributed by atoms with Gasteiger partial charge in [-0.3, -0.25) is 4.79 Å². The molecular formula is C13H17NO. The zero-order valence-electron chi connectivity index (χ0n) is 9.55. The van der Waals surface area contributed by atoms with E-state index < -0.39 is 0 Å². The first kappa shape index (κ1) is 10.2. The maximum absolute atomic E-state index is 11.2. The summed E-state index contributed by atoms with van der Waals surface area (Å²) < 4.78 is 0. The van der Waals surface area contributed by atoms with Gasteiger partial charge in [0.15, 0.2) is 0 Å². The summed E-state index contributed by atoms with van der Waals surface area (Å²) >= 11 is 0. The third-order valence-corrected chi connectivity index (χ3v) is 2.53. The predicted molar refractivity (Wildman–Crippen MR) is 61.9 cm³/mol. The Kier molecular flexibility index (Phi) is 2.29. The van der Waals surface area contributed by atoms with Gasteiger partial charge >= 0.3 is 0 Å². The van der Waals surface area contributed by atoms with Crippen molar-refractivity contribution in [2.75, 3.05) is 5.32 Å². The van der Waals surface area contributed by atoms with E-state index in [2.05, 4.69) is 44.3 Å². The summed E-state index contributed by atoms with van der Waals surface area (Å²) in [4.78, 5) is 11.2. The Labute approximate surface area is 90.7 Å². The number of hydrogen-bond acceptors (Lipinski definition) is 1. The van der Waals surface area contributed by atoms with E-state index in [1.54, 1.807) is 0 Å². The van der Waals surface area contributed by atoms with Gasteiger partial charge in [0.05, 0.1) is 6.42 Å². The number of anilines is 1. The molecule has 0 unspecified atom stereocenters. The van der Waals surface area contributed by atoms with Gasteiger partial charge in [0.1, 0.15) is 0 Å². The Morgan fingerprint density at radius 3 is 2.73 bits per heavy atom. The molecule has 1 heterocycles. The molecule has 0 radical (unpaired) electrons. The molecule has 0 aromatic heterocycles. The van der Waals surface area contributed by atoms with Crippen LogP contribution in [0.25, 0.3) is 0 Å². The first-order valence-electron chi connectivity index (χ1n) is 5.36. The third-order valence-electron chi connectivity index (χ3n) is 2.53. The van der Waals surface area contributed by atoms with Crippen molar-refractivity contribution in [2.45, 2.75) is 33.6 Å². The molecule has 0 aliphatic carbocycles. The number of fused-ring (bicyclic) bond motifs is 1. The van der Waals surface area contributed by atoms with Crippen LogP contribution in [0.1, 0.15) is 31.9 Å². The lowest BCUT2D eigenvalue weighted by molar-refractivity contribution is -0.115. The van der Waals surface area contributed by atoms with E-state index in [9.17, 15) is 4.79 Å². The van der Waals surface area contributed by atoms with Crippen LogP contribution in [-0.4, -0.2) is 5.91 Å². The number of nitrogens with one attached hydrogen (secondary N) is 1. The summed E-state index contributed by atoms with van der Waals surface area (Å²) in [5.74, 6) is 0.109. The second-order valence-corrected chi connectivity index (χ2v) is 5.45. The second kappa shape index (κ2) is 3.37. The van der Waals surface area contributed by atoms with Crippen molar-refractivity contribution >= 4 is 11.6 Å². The van der Waals surface area contributed by atoms with Crippen molar-refractivity contribution in [3.63, 3.8) is 0 Å². The minimum atomic E-state index is 0.109. The average molecular weight is 203 g/mol. The minimum Gasteiger partial charge on any atom is -0.326 e. The van der Waals surface area contributed by atoms with Gasteiger partial charge in [-0.25, -0.2) is 0 Å². The van der Waals surface area contributed by atoms with Crippen molar-refractivity contribution < 1.29 is 4.79 Å². The van der Waals surface area contributed by atoms with E-state index >= 15 is 0 Å². The molecule has 0 spiro atoms. The lowest BCUT2D eigenvalue weighted by Crippen LogP contribution is -2.09. The van der Waals surface area contributed by atoms with Crippen LogP contribution in [0.2, 0.25) is 0 Å². The van der Waals surface area contributed by atoms with Crippen molar-refractivity contribution in [1.29, 1.82) is 0 Å². The van der Waals surface area contributed by atoms with Crippen LogP contribution in [0.3, 0.4) is 0 Å². The van der Waals surface area contributed by atoms with Crippen molar-refractivity contribution in [2.24, 2.45) is 5.41 Å². The van der Waals surface area contributed by atoms with Gasteiger partial charge in [-0.1, -0.05) is 32.9 Å². The van der Waals surface area contributed by atoms with E-state index in [0.717, 1.165) is 17.7 Å². The van der Waals surface area contributed by atoms with Crippen LogP contribution in [0.15, 0.2) is 18.2 Å². The Morgan fingerprint density at radius 1 is 1.33 bits per heavy atom. The van der Waals surface area contributed by atoms with Crippen LogP contribution >= 0.6 is 0 Å². The first-order chi connectivity index (χ1) is 6.94. The number of rotatable bonds is 1. The molecule has 0 atom stereocenters. The summed E-state index contributed by atoms with van der Waals surface area (Å²) in [6.07, 6.45) is 1.57. The smallest absolute Gasteiger partial charge is 0.228 e. The molecule has 1 aliphatic heterocycles. The highest BCUT2D eigenvalue weighted by Crippen LogP contribution is 2.27. The van der Waals surface area contributed by atoms with E-state index in [1.807, 2.05) is 0 Å². The van der Waals surface area contributed by atoms with E-state index in [1.165, 1.54) is 5.56 Å². The Balaban J connectivity index is 2.24.